The van der Waals surface area contributed by atoms with Gasteiger partial charge in [-0.05, 0) is 35.0 Å². The van der Waals surface area contributed by atoms with E-state index in [0.717, 1.165) is 0 Å². The first kappa shape index (κ1) is 13.1. The van der Waals surface area contributed by atoms with Crippen LogP contribution in [0.15, 0.2) is 21.2 Å². The molecule has 0 amide bonds. The van der Waals surface area contributed by atoms with Crippen molar-refractivity contribution >= 4 is 21.9 Å². The van der Waals surface area contributed by atoms with E-state index in [1.165, 1.54) is 19.1 Å². The number of nitrogens with two attached hydrogens (primary N) is 1. The number of carbonyl (C=O) groups is 1. The minimum atomic E-state index is -3.81. The van der Waals surface area contributed by atoms with E-state index >= 15 is 0 Å². The van der Waals surface area contributed by atoms with E-state index in [1.54, 1.807) is 0 Å². The molecule has 0 radical (unpaired) electrons. The number of esters is 1. The Morgan fingerprint density at radius 2 is 2.31 bits per heavy atom. The standard InChI is InChI=1S/C9H10BrF2NO3/c1-2-15-8(14)9(11,12)7(13)5-3-4-6(10)16-5/h3-4,7H,2,13H2,1H3/t7-/m0/s1. The second kappa shape index (κ2) is 4.92. The van der Waals surface area contributed by atoms with Gasteiger partial charge in [0, 0.05) is 0 Å². The summed E-state index contributed by atoms with van der Waals surface area (Å²) in [6, 6.07) is 0.816. The van der Waals surface area contributed by atoms with E-state index in [0.29, 0.717) is 0 Å². The molecule has 0 saturated carbocycles. The van der Waals surface area contributed by atoms with Gasteiger partial charge in [0.25, 0.3) is 0 Å². The van der Waals surface area contributed by atoms with Crippen LogP contribution in [0, 0.1) is 0 Å². The highest BCUT2D eigenvalue weighted by Crippen LogP contribution is 2.32. The molecule has 0 aromatic carbocycles. The van der Waals surface area contributed by atoms with Crippen LogP contribution >= 0.6 is 15.9 Å². The van der Waals surface area contributed by atoms with Gasteiger partial charge in [0.1, 0.15) is 11.8 Å². The molecule has 1 aromatic heterocycles. The summed E-state index contributed by atoms with van der Waals surface area (Å²) in [5.41, 5.74) is 5.25. The predicted molar refractivity (Wildman–Crippen MR) is 54.9 cm³/mol. The monoisotopic (exact) mass is 297 g/mol. The summed E-state index contributed by atoms with van der Waals surface area (Å²) in [6.07, 6.45) is 0. The van der Waals surface area contributed by atoms with Crippen LogP contribution in [0.2, 0.25) is 0 Å². The van der Waals surface area contributed by atoms with Crippen molar-refractivity contribution in [2.24, 2.45) is 5.73 Å². The number of rotatable bonds is 4. The molecule has 1 rings (SSSR count). The zero-order valence-electron chi connectivity index (χ0n) is 8.38. The van der Waals surface area contributed by atoms with Crippen molar-refractivity contribution in [2.75, 3.05) is 6.61 Å². The third-order valence-corrected chi connectivity index (χ3v) is 2.26. The summed E-state index contributed by atoms with van der Waals surface area (Å²) >= 11 is 2.95. The molecule has 4 nitrogen and oxygen atoms in total. The minimum Gasteiger partial charge on any atom is -0.462 e. The largest absolute Gasteiger partial charge is 0.462 e. The van der Waals surface area contributed by atoms with Gasteiger partial charge in [0.2, 0.25) is 0 Å². The fraction of sp³-hybridized carbons (Fsp3) is 0.444. The Morgan fingerprint density at radius 3 is 2.75 bits per heavy atom. The summed E-state index contributed by atoms with van der Waals surface area (Å²) in [6.45, 7) is 1.30. The average Bonchev–Trinajstić information content (AvgIpc) is 2.64. The summed E-state index contributed by atoms with van der Waals surface area (Å²) < 4.78 is 36.2. The van der Waals surface area contributed by atoms with Crippen molar-refractivity contribution < 1.29 is 22.7 Å². The van der Waals surface area contributed by atoms with Crippen LogP contribution in [0.3, 0.4) is 0 Å². The van der Waals surface area contributed by atoms with Crippen molar-refractivity contribution in [1.29, 1.82) is 0 Å². The van der Waals surface area contributed by atoms with Crippen LogP contribution in [0.25, 0.3) is 0 Å². The Balaban J connectivity index is 2.87. The SMILES string of the molecule is CCOC(=O)C(F)(F)[C@@H](N)c1ccc(Br)o1. The van der Waals surface area contributed by atoms with E-state index in [1.807, 2.05) is 0 Å². The molecule has 7 heteroatoms. The molecular weight excluding hydrogens is 288 g/mol. The molecule has 16 heavy (non-hydrogen) atoms. The van der Waals surface area contributed by atoms with Crippen LogP contribution in [0.1, 0.15) is 18.7 Å². The van der Waals surface area contributed by atoms with Crippen molar-refractivity contribution in [2.45, 2.75) is 18.9 Å². The Kier molecular flexibility index (Phi) is 4.03. The first-order chi connectivity index (χ1) is 7.39. The van der Waals surface area contributed by atoms with E-state index in [-0.39, 0.29) is 17.0 Å². The Bertz CT molecular complexity index is 381. The highest BCUT2D eigenvalue weighted by atomic mass is 79.9. The van der Waals surface area contributed by atoms with E-state index in [4.69, 9.17) is 10.2 Å². The zero-order valence-corrected chi connectivity index (χ0v) is 9.96. The highest BCUT2D eigenvalue weighted by molar-refractivity contribution is 9.10. The van der Waals surface area contributed by atoms with Crippen LogP contribution in [0.4, 0.5) is 8.78 Å². The molecule has 0 aliphatic rings. The Morgan fingerprint density at radius 1 is 1.69 bits per heavy atom. The molecular formula is C9H10BrF2NO3. The van der Waals surface area contributed by atoms with E-state index < -0.39 is 17.9 Å². The second-order valence-electron chi connectivity index (χ2n) is 2.96. The van der Waals surface area contributed by atoms with Gasteiger partial charge < -0.3 is 14.9 Å². The van der Waals surface area contributed by atoms with Crippen molar-refractivity contribution in [3.05, 3.63) is 22.6 Å². The van der Waals surface area contributed by atoms with Crippen LogP contribution in [-0.4, -0.2) is 18.5 Å². The van der Waals surface area contributed by atoms with Crippen molar-refractivity contribution in [1.82, 2.24) is 0 Å². The fourth-order valence-corrected chi connectivity index (χ4v) is 1.35. The maximum atomic E-state index is 13.4. The van der Waals surface area contributed by atoms with Gasteiger partial charge in [-0.25, -0.2) is 4.79 Å². The van der Waals surface area contributed by atoms with Gasteiger partial charge in [-0.15, -0.1) is 0 Å². The number of carbonyl (C=O) groups excluding carboxylic acids is 1. The number of alkyl halides is 2. The van der Waals surface area contributed by atoms with Crippen LogP contribution in [-0.2, 0) is 9.53 Å². The lowest BCUT2D eigenvalue weighted by Gasteiger charge is -2.19. The Labute approximate surface area is 98.9 Å². The summed E-state index contributed by atoms with van der Waals surface area (Å²) in [7, 11) is 0. The predicted octanol–water partition coefficient (Wildman–Crippen LogP) is 2.24. The van der Waals surface area contributed by atoms with Crippen LogP contribution in [0.5, 0.6) is 0 Å². The third kappa shape index (κ3) is 2.59. The van der Waals surface area contributed by atoms with Gasteiger partial charge in [-0.3, -0.25) is 0 Å². The lowest BCUT2D eigenvalue weighted by Crippen LogP contribution is -2.41. The van der Waals surface area contributed by atoms with E-state index in [2.05, 4.69) is 20.7 Å². The molecule has 0 fully saturated rings. The average molecular weight is 298 g/mol. The molecule has 1 atom stereocenters. The molecule has 0 saturated heterocycles. The molecule has 2 N–H and O–H groups in total. The number of halogens is 3. The smallest absolute Gasteiger partial charge is 0.379 e. The van der Waals surface area contributed by atoms with Gasteiger partial charge >= 0.3 is 11.9 Å². The number of furan rings is 1. The van der Waals surface area contributed by atoms with Gasteiger partial charge in [0.15, 0.2) is 4.67 Å². The third-order valence-electron chi connectivity index (χ3n) is 1.84. The number of ether oxygens (including phenoxy) is 1. The maximum Gasteiger partial charge on any atom is 0.379 e. The topological polar surface area (TPSA) is 65.5 Å². The molecule has 0 bridgehead atoms. The summed E-state index contributed by atoms with van der Waals surface area (Å²) in [4.78, 5) is 11.0. The highest BCUT2D eigenvalue weighted by Gasteiger charge is 2.49. The summed E-state index contributed by atoms with van der Waals surface area (Å²) in [5, 5.41) is 0. The molecule has 1 aromatic rings. The van der Waals surface area contributed by atoms with Crippen LogP contribution < -0.4 is 5.73 Å². The second-order valence-corrected chi connectivity index (χ2v) is 3.74. The first-order valence-electron chi connectivity index (χ1n) is 4.45. The molecule has 0 unspecified atom stereocenters. The molecule has 0 spiro atoms. The molecule has 1 heterocycles. The number of hydrogen-bond donors (Lipinski definition) is 1. The van der Waals surface area contributed by atoms with Gasteiger partial charge in [-0.1, -0.05) is 0 Å². The minimum absolute atomic E-state index is 0.136. The van der Waals surface area contributed by atoms with Crippen molar-refractivity contribution in [3.63, 3.8) is 0 Å². The lowest BCUT2D eigenvalue weighted by molar-refractivity contribution is -0.175. The fourth-order valence-electron chi connectivity index (χ4n) is 1.03. The lowest BCUT2D eigenvalue weighted by atomic mass is 10.1. The molecule has 0 aliphatic carbocycles. The Hall–Kier alpha value is -0.950. The quantitative estimate of drug-likeness (QED) is 0.866. The molecule has 0 aliphatic heterocycles. The van der Waals surface area contributed by atoms with Crippen molar-refractivity contribution in [3.8, 4) is 0 Å². The normalized spacial score (nSPS) is 13.6. The zero-order chi connectivity index (χ0) is 12.3. The van der Waals surface area contributed by atoms with Gasteiger partial charge in [0.05, 0.1) is 6.61 Å². The maximum absolute atomic E-state index is 13.4. The van der Waals surface area contributed by atoms with Gasteiger partial charge in [-0.2, -0.15) is 8.78 Å². The summed E-state index contributed by atoms with van der Waals surface area (Å²) in [5.74, 6) is -5.66. The number of hydrogen-bond acceptors (Lipinski definition) is 4. The van der Waals surface area contributed by atoms with E-state index in [9.17, 15) is 13.6 Å². The first-order valence-corrected chi connectivity index (χ1v) is 5.24. The molecule has 90 valence electrons.